The van der Waals surface area contributed by atoms with E-state index < -0.39 is 5.97 Å². The maximum atomic E-state index is 12.5. The van der Waals surface area contributed by atoms with Crippen LogP contribution >= 0.6 is 0 Å². The average molecular weight is 354 g/mol. The van der Waals surface area contributed by atoms with Crippen molar-refractivity contribution in [1.29, 1.82) is 0 Å². The van der Waals surface area contributed by atoms with Crippen molar-refractivity contribution < 1.29 is 14.3 Å². The summed E-state index contributed by atoms with van der Waals surface area (Å²) >= 11 is 0. The Morgan fingerprint density at radius 1 is 1.15 bits per heavy atom. The van der Waals surface area contributed by atoms with E-state index in [1.54, 1.807) is 6.92 Å². The molecule has 0 bridgehead atoms. The van der Waals surface area contributed by atoms with Crippen LogP contribution in [0.25, 0.3) is 10.9 Å². The maximum Gasteiger partial charge on any atom is 0.340 e. The molecule has 1 aromatic carbocycles. The number of hydrogen-bond acceptors (Lipinski definition) is 4. The van der Waals surface area contributed by atoms with Gasteiger partial charge in [-0.15, -0.1) is 0 Å². The van der Waals surface area contributed by atoms with Gasteiger partial charge in [0.25, 0.3) is 5.91 Å². The van der Waals surface area contributed by atoms with E-state index in [4.69, 9.17) is 4.74 Å². The number of aromatic nitrogens is 1. The second-order valence-corrected chi connectivity index (χ2v) is 7.31. The molecule has 1 amide bonds. The maximum absolute atomic E-state index is 12.5. The normalized spacial score (nSPS) is 20.0. The molecule has 0 unspecified atom stereocenters. The molecule has 0 spiro atoms. The first kappa shape index (κ1) is 18.4. The molecule has 3 rings (SSSR count). The van der Waals surface area contributed by atoms with Crippen LogP contribution in [-0.2, 0) is 9.53 Å². The van der Waals surface area contributed by atoms with Crippen LogP contribution in [0.5, 0.6) is 0 Å². The number of amides is 1. The largest absolute Gasteiger partial charge is 0.452 e. The smallest absolute Gasteiger partial charge is 0.340 e. The molecule has 0 atom stereocenters. The molecular formula is C21H26N2O3. The highest BCUT2D eigenvalue weighted by atomic mass is 16.5. The number of pyridine rings is 1. The van der Waals surface area contributed by atoms with Gasteiger partial charge in [-0.3, -0.25) is 9.78 Å². The molecule has 1 saturated carbocycles. The summed E-state index contributed by atoms with van der Waals surface area (Å²) in [6.45, 7) is 5.66. The summed E-state index contributed by atoms with van der Waals surface area (Å²) in [5.74, 6) is -0.0000364. The van der Waals surface area contributed by atoms with Crippen molar-refractivity contribution in [2.75, 3.05) is 6.61 Å². The first-order valence-electron chi connectivity index (χ1n) is 9.28. The zero-order chi connectivity index (χ0) is 18.7. The molecule has 138 valence electrons. The summed E-state index contributed by atoms with van der Waals surface area (Å²) in [6, 6.07) is 7.89. The van der Waals surface area contributed by atoms with Gasteiger partial charge in [0.15, 0.2) is 6.61 Å². The summed E-state index contributed by atoms with van der Waals surface area (Å²) in [7, 11) is 0. The lowest BCUT2D eigenvalue weighted by molar-refractivity contribution is -0.125. The summed E-state index contributed by atoms with van der Waals surface area (Å²) in [5.41, 5.74) is 2.75. The van der Waals surface area contributed by atoms with Crippen molar-refractivity contribution in [3.63, 3.8) is 0 Å². The topological polar surface area (TPSA) is 68.3 Å². The van der Waals surface area contributed by atoms with Gasteiger partial charge in [-0.1, -0.05) is 25.1 Å². The van der Waals surface area contributed by atoms with E-state index in [2.05, 4.69) is 17.2 Å². The third-order valence-corrected chi connectivity index (χ3v) is 5.25. The lowest BCUT2D eigenvalue weighted by Gasteiger charge is -2.26. The van der Waals surface area contributed by atoms with E-state index in [0.29, 0.717) is 11.3 Å². The van der Waals surface area contributed by atoms with E-state index in [0.717, 1.165) is 48.1 Å². The Bertz CT molecular complexity index is 823. The number of esters is 1. The Morgan fingerprint density at radius 2 is 1.85 bits per heavy atom. The van der Waals surface area contributed by atoms with Gasteiger partial charge in [-0.25, -0.2) is 4.79 Å². The number of para-hydroxylation sites is 1. The molecule has 1 N–H and O–H groups in total. The standard InChI is InChI=1S/C21H26N2O3/c1-13-8-10-16(11-9-13)23-19(24)12-26-21(25)20-14(2)17-6-4-5-7-18(17)22-15(20)3/h4-7,13,16H,8-12H2,1-3H3,(H,23,24). The molecule has 0 aliphatic heterocycles. The van der Waals surface area contributed by atoms with Crippen molar-refractivity contribution in [3.8, 4) is 0 Å². The van der Waals surface area contributed by atoms with Gasteiger partial charge < -0.3 is 10.1 Å². The second-order valence-electron chi connectivity index (χ2n) is 7.31. The number of rotatable bonds is 4. The predicted octanol–water partition coefficient (Wildman–Crippen LogP) is 3.70. The number of carbonyl (C=O) groups is 2. The molecule has 1 aliphatic carbocycles. The molecule has 1 heterocycles. The molecule has 1 fully saturated rings. The highest BCUT2D eigenvalue weighted by Crippen LogP contribution is 2.24. The van der Waals surface area contributed by atoms with Gasteiger partial charge in [-0.05, 0) is 57.1 Å². The molecule has 0 radical (unpaired) electrons. The monoisotopic (exact) mass is 354 g/mol. The average Bonchev–Trinajstić information content (AvgIpc) is 2.62. The molecule has 5 heteroatoms. The fourth-order valence-corrected chi connectivity index (χ4v) is 3.71. The highest BCUT2D eigenvalue weighted by Gasteiger charge is 2.22. The summed E-state index contributed by atoms with van der Waals surface area (Å²) in [5, 5.41) is 3.90. The zero-order valence-electron chi connectivity index (χ0n) is 15.7. The zero-order valence-corrected chi connectivity index (χ0v) is 15.7. The van der Waals surface area contributed by atoms with Gasteiger partial charge in [0.05, 0.1) is 16.8 Å². The van der Waals surface area contributed by atoms with Gasteiger partial charge in [-0.2, -0.15) is 0 Å². The molecule has 0 saturated heterocycles. The summed E-state index contributed by atoms with van der Waals surface area (Å²) in [6.07, 6.45) is 4.25. The van der Waals surface area contributed by atoms with Crippen LogP contribution in [0.15, 0.2) is 24.3 Å². The Morgan fingerprint density at radius 3 is 2.58 bits per heavy atom. The van der Waals surface area contributed by atoms with Crippen LogP contribution in [0.2, 0.25) is 0 Å². The minimum Gasteiger partial charge on any atom is -0.452 e. The summed E-state index contributed by atoms with van der Waals surface area (Å²) < 4.78 is 5.27. The predicted molar refractivity (Wildman–Crippen MR) is 101 cm³/mol. The van der Waals surface area contributed by atoms with Crippen LogP contribution in [0, 0.1) is 19.8 Å². The van der Waals surface area contributed by atoms with Crippen molar-refractivity contribution in [2.45, 2.75) is 52.5 Å². The van der Waals surface area contributed by atoms with Crippen LogP contribution in [0.3, 0.4) is 0 Å². The van der Waals surface area contributed by atoms with Gasteiger partial charge >= 0.3 is 5.97 Å². The van der Waals surface area contributed by atoms with E-state index in [1.165, 1.54) is 0 Å². The Kier molecular flexibility index (Phi) is 5.55. The first-order chi connectivity index (χ1) is 12.5. The number of aryl methyl sites for hydroxylation is 2. The Labute approximate surface area is 154 Å². The minimum absolute atomic E-state index is 0.197. The van der Waals surface area contributed by atoms with Gasteiger partial charge in [0, 0.05) is 11.4 Å². The molecular weight excluding hydrogens is 328 g/mol. The van der Waals surface area contributed by atoms with E-state index in [9.17, 15) is 9.59 Å². The van der Waals surface area contributed by atoms with E-state index in [1.807, 2.05) is 31.2 Å². The Balaban J connectivity index is 1.63. The number of nitrogens with one attached hydrogen (secondary N) is 1. The third-order valence-electron chi connectivity index (χ3n) is 5.25. The van der Waals surface area contributed by atoms with Gasteiger partial charge in [0.1, 0.15) is 0 Å². The molecule has 5 nitrogen and oxygen atoms in total. The van der Waals surface area contributed by atoms with Crippen LogP contribution in [-0.4, -0.2) is 29.5 Å². The van der Waals surface area contributed by atoms with E-state index in [-0.39, 0.29) is 18.6 Å². The van der Waals surface area contributed by atoms with Crippen LogP contribution < -0.4 is 5.32 Å². The van der Waals surface area contributed by atoms with Crippen molar-refractivity contribution in [2.24, 2.45) is 5.92 Å². The first-order valence-corrected chi connectivity index (χ1v) is 9.28. The van der Waals surface area contributed by atoms with E-state index >= 15 is 0 Å². The lowest BCUT2D eigenvalue weighted by atomic mass is 9.87. The SMILES string of the molecule is Cc1nc2ccccc2c(C)c1C(=O)OCC(=O)NC1CCC(C)CC1. The van der Waals surface area contributed by atoms with Crippen LogP contribution in [0.1, 0.15) is 54.2 Å². The number of ether oxygens (including phenoxy) is 1. The third kappa shape index (κ3) is 4.03. The van der Waals surface area contributed by atoms with Crippen molar-refractivity contribution in [1.82, 2.24) is 10.3 Å². The minimum atomic E-state index is -0.495. The number of nitrogens with zero attached hydrogens (tertiary/aromatic N) is 1. The number of benzene rings is 1. The quantitative estimate of drug-likeness (QED) is 0.850. The van der Waals surface area contributed by atoms with Crippen molar-refractivity contribution in [3.05, 3.63) is 41.1 Å². The molecule has 26 heavy (non-hydrogen) atoms. The fraction of sp³-hybridized carbons (Fsp3) is 0.476. The van der Waals surface area contributed by atoms with Gasteiger partial charge in [0.2, 0.25) is 0 Å². The lowest BCUT2D eigenvalue weighted by Crippen LogP contribution is -2.39. The van der Waals surface area contributed by atoms with Crippen LogP contribution in [0.4, 0.5) is 0 Å². The highest BCUT2D eigenvalue weighted by molar-refractivity contribution is 5.99. The second kappa shape index (κ2) is 7.85. The number of hydrogen-bond donors (Lipinski definition) is 1. The molecule has 1 aliphatic rings. The fourth-order valence-electron chi connectivity index (χ4n) is 3.71. The molecule has 2 aromatic rings. The number of carbonyl (C=O) groups excluding carboxylic acids is 2. The Hall–Kier alpha value is -2.43. The molecule has 1 aromatic heterocycles. The number of fused-ring (bicyclic) bond motifs is 1. The van der Waals surface area contributed by atoms with Crippen molar-refractivity contribution >= 4 is 22.8 Å². The summed E-state index contributed by atoms with van der Waals surface area (Å²) in [4.78, 5) is 29.1.